The molecule has 92 valence electrons. The van der Waals surface area contributed by atoms with Crippen LogP contribution in [0, 0.1) is 11.8 Å². The number of benzene rings is 1. The summed E-state index contributed by atoms with van der Waals surface area (Å²) in [4.78, 5) is 0. The zero-order valence-electron chi connectivity index (χ0n) is 10.8. The largest absolute Gasteiger partial charge is 0.317 e. The summed E-state index contributed by atoms with van der Waals surface area (Å²) in [6, 6.07) is 9.72. The average Bonchev–Trinajstić information content (AvgIpc) is 2.71. The molecule has 1 saturated carbocycles. The summed E-state index contributed by atoms with van der Waals surface area (Å²) in [6.45, 7) is 0. The third-order valence-corrected chi connectivity index (χ3v) is 4.83. The lowest BCUT2D eigenvalue weighted by Gasteiger charge is -2.32. The molecule has 17 heavy (non-hydrogen) atoms. The lowest BCUT2D eigenvalue weighted by Crippen LogP contribution is -2.37. The molecule has 0 amide bonds. The first kappa shape index (κ1) is 11.3. The van der Waals surface area contributed by atoms with Crippen molar-refractivity contribution >= 4 is 0 Å². The molecule has 2 aliphatic rings. The lowest BCUT2D eigenvalue weighted by molar-refractivity contribution is 0.230. The van der Waals surface area contributed by atoms with Crippen LogP contribution >= 0.6 is 0 Å². The van der Waals surface area contributed by atoms with Crippen LogP contribution in [0.4, 0.5) is 0 Å². The van der Waals surface area contributed by atoms with Gasteiger partial charge in [-0.1, -0.05) is 43.5 Å². The summed E-state index contributed by atoms with van der Waals surface area (Å²) >= 11 is 0. The van der Waals surface area contributed by atoms with Gasteiger partial charge in [-0.05, 0) is 49.3 Å². The molecule has 0 heterocycles. The molecule has 1 aromatic rings. The zero-order valence-corrected chi connectivity index (χ0v) is 10.8. The Bertz CT molecular complexity index is 356. The van der Waals surface area contributed by atoms with Crippen molar-refractivity contribution in [2.75, 3.05) is 7.05 Å². The molecule has 0 aliphatic heterocycles. The predicted molar refractivity (Wildman–Crippen MR) is 72.1 cm³/mol. The zero-order chi connectivity index (χ0) is 11.7. The Hall–Kier alpha value is -0.820. The highest BCUT2D eigenvalue weighted by molar-refractivity contribution is 5.32. The Balaban J connectivity index is 1.65. The topological polar surface area (TPSA) is 12.0 Å². The van der Waals surface area contributed by atoms with Crippen molar-refractivity contribution in [1.29, 1.82) is 0 Å². The van der Waals surface area contributed by atoms with Crippen molar-refractivity contribution in [3.63, 3.8) is 0 Å². The van der Waals surface area contributed by atoms with E-state index in [4.69, 9.17) is 0 Å². The van der Waals surface area contributed by atoms with Crippen molar-refractivity contribution in [2.45, 2.75) is 44.6 Å². The number of hydrogen-bond donors (Lipinski definition) is 1. The first-order chi connectivity index (χ1) is 8.36. The normalized spacial score (nSPS) is 22.2. The van der Waals surface area contributed by atoms with Gasteiger partial charge in [-0.15, -0.1) is 0 Å². The Labute approximate surface area is 105 Å². The van der Waals surface area contributed by atoms with E-state index < -0.39 is 0 Å². The van der Waals surface area contributed by atoms with E-state index in [2.05, 4.69) is 36.6 Å². The molecule has 1 heteroatoms. The van der Waals surface area contributed by atoms with E-state index >= 15 is 0 Å². The summed E-state index contributed by atoms with van der Waals surface area (Å²) in [6.07, 6.45) is 8.37. The highest BCUT2D eigenvalue weighted by atomic mass is 14.9. The first-order valence-corrected chi connectivity index (χ1v) is 7.11. The fraction of sp³-hybridized carbons (Fsp3) is 0.625. The molecule has 0 bridgehead atoms. The number of hydrogen-bond acceptors (Lipinski definition) is 1. The molecule has 1 aromatic carbocycles. The number of nitrogens with one attached hydrogen (secondary N) is 1. The average molecular weight is 229 g/mol. The minimum atomic E-state index is 0.729. The quantitative estimate of drug-likeness (QED) is 0.836. The van der Waals surface area contributed by atoms with Gasteiger partial charge < -0.3 is 5.32 Å². The summed E-state index contributed by atoms with van der Waals surface area (Å²) in [5, 5.41) is 3.58. The van der Waals surface area contributed by atoms with Gasteiger partial charge in [0, 0.05) is 6.04 Å². The maximum absolute atomic E-state index is 3.58. The van der Waals surface area contributed by atoms with Gasteiger partial charge in [0.1, 0.15) is 0 Å². The number of rotatable bonds is 4. The molecule has 0 spiro atoms. The Morgan fingerprint density at radius 2 is 1.82 bits per heavy atom. The van der Waals surface area contributed by atoms with Gasteiger partial charge in [0.2, 0.25) is 0 Å². The molecule has 1 atom stereocenters. The van der Waals surface area contributed by atoms with Gasteiger partial charge in [-0.25, -0.2) is 0 Å². The van der Waals surface area contributed by atoms with Crippen LogP contribution in [0.25, 0.3) is 0 Å². The third kappa shape index (κ3) is 2.26. The molecule has 1 N–H and O–H groups in total. The predicted octanol–water partition coefficient (Wildman–Crippen LogP) is 3.18. The van der Waals surface area contributed by atoms with Crippen LogP contribution < -0.4 is 5.32 Å². The second-order valence-electron chi connectivity index (χ2n) is 5.86. The SMILES string of the molecule is CNC(CC1CCC1)C1Cc2ccccc2C1. The van der Waals surface area contributed by atoms with E-state index in [-0.39, 0.29) is 0 Å². The van der Waals surface area contributed by atoms with Crippen LogP contribution in [0.3, 0.4) is 0 Å². The number of fused-ring (bicyclic) bond motifs is 1. The van der Waals surface area contributed by atoms with E-state index in [9.17, 15) is 0 Å². The molecule has 3 rings (SSSR count). The fourth-order valence-corrected chi connectivity index (χ4v) is 3.51. The van der Waals surface area contributed by atoms with Crippen LogP contribution in [0.5, 0.6) is 0 Å². The van der Waals surface area contributed by atoms with Crippen molar-refractivity contribution in [3.8, 4) is 0 Å². The molecule has 0 aromatic heterocycles. The van der Waals surface area contributed by atoms with Crippen molar-refractivity contribution in [2.24, 2.45) is 11.8 Å². The summed E-state index contributed by atoms with van der Waals surface area (Å²) in [5.41, 5.74) is 3.18. The lowest BCUT2D eigenvalue weighted by atomic mass is 9.78. The first-order valence-electron chi connectivity index (χ1n) is 7.11. The minimum absolute atomic E-state index is 0.729. The second kappa shape index (κ2) is 4.81. The molecule has 2 aliphatic carbocycles. The minimum Gasteiger partial charge on any atom is -0.317 e. The van der Waals surface area contributed by atoms with Gasteiger partial charge in [0.15, 0.2) is 0 Å². The molecule has 1 unspecified atom stereocenters. The Kier molecular flexibility index (Phi) is 3.19. The van der Waals surface area contributed by atoms with E-state index in [1.54, 1.807) is 11.1 Å². The summed E-state index contributed by atoms with van der Waals surface area (Å²) in [7, 11) is 2.15. The molecule has 0 radical (unpaired) electrons. The van der Waals surface area contributed by atoms with Gasteiger partial charge in [0.25, 0.3) is 0 Å². The van der Waals surface area contributed by atoms with Gasteiger partial charge >= 0.3 is 0 Å². The van der Waals surface area contributed by atoms with E-state index in [1.165, 1.54) is 38.5 Å². The molecule has 0 saturated heterocycles. The highest BCUT2D eigenvalue weighted by Crippen LogP contribution is 2.35. The second-order valence-corrected chi connectivity index (χ2v) is 5.86. The van der Waals surface area contributed by atoms with Crippen molar-refractivity contribution in [1.82, 2.24) is 5.32 Å². The molecule has 1 nitrogen and oxygen atoms in total. The van der Waals surface area contributed by atoms with Crippen LogP contribution in [-0.4, -0.2) is 13.1 Å². The van der Waals surface area contributed by atoms with Gasteiger partial charge in [0.05, 0.1) is 0 Å². The molecular weight excluding hydrogens is 206 g/mol. The fourth-order valence-electron chi connectivity index (χ4n) is 3.51. The standard InChI is InChI=1S/C16H23N/c1-17-16(9-12-5-4-6-12)15-10-13-7-2-3-8-14(13)11-15/h2-3,7-8,12,15-17H,4-6,9-11H2,1H3. The highest BCUT2D eigenvalue weighted by Gasteiger charge is 2.30. The maximum atomic E-state index is 3.58. The van der Waals surface area contributed by atoms with Gasteiger partial charge in [-0.2, -0.15) is 0 Å². The monoisotopic (exact) mass is 229 g/mol. The van der Waals surface area contributed by atoms with Crippen molar-refractivity contribution < 1.29 is 0 Å². The third-order valence-electron chi connectivity index (χ3n) is 4.83. The summed E-state index contributed by atoms with van der Waals surface area (Å²) < 4.78 is 0. The molecular formula is C16H23N. The van der Waals surface area contributed by atoms with E-state index in [1.807, 2.05) is 0 Å². The Morgan fingerprint density at radius 1 is 1.18 bits per heavy atom. The summed E-state index contributed by atoms with van der Waals surface area (Å²) in [5.74, 6) is 1.84. The van der Waals surface area contributed by atoms with Crippen LogP contribution in [-0.2, 0) is 12.8 Å². The van der Waals surface area contributed by atoms with Crippen LogP contribution in [0.1, 0.15) is 36.8 Å². The van der Waals surface area contributed by atoms with E-state index in [0.717, 1.165) is 17.9 Å². The van der Waals surface area contributed by atoms with Crippen LogP contribution in [0.2, 0.25) is 0 Å². The smallest absolute Gasteiger partial charge is 0.0101 e. The van der Waals surface area contributed by atoms with E-state index in [0.29, 0.717) is 0 Å². The molecule has 1 fully saturated rings. The van der Waals surface area contributed by atoms with Gasteiger partial charge in [-0.3, -0.25) is 0 Å². The van der Waals surface area contributed by atoms with Crippen molar-refractivity contribution in [3.05, 3.63) is 35.4 Å². The maximum Gasteiger partial charge on any atom is 0.0101 e. The Morgan fingerprint density at radius 3 is 2.29 bits per heavy atom. The van der Waals surface area contributed by atoms with Crippen LogP contribution in [0.15, 0.2) is 24.3 Å².